The van der Waals surface area contributed by atoms with Gasteiger partial charge < -0.3 is 21.1 Å². The Bertz CT molecular complexity index is 1570. The van der Waals surface area contributed by atoms with Gasteiger partial charge >= 0.3 is 0 Å². The molecule has 2 atom stereocenters. The second-order valence-corrected chi connectivity index (χ2v) is 9.99. The van der Waals surface area contributed by atoms with Crippen LogP contribution >= 0.6 is 0 Å². The molecule has 40 heavy (non-hydrogen) atoms. The van der Waals surface area contributed by atoms with Crippen LogP contribution in [0.15, 0.2) is 65.7 Å². The standard InChI is InChI=1S/C30H33N7O3/c1-18-4-11-25(32-14-18)24(20-5-9-23(40-3)10-6-20)17-34-28-30(39)37-22(16-33-28)8-12-26(37)29(38)35-15-21-7-13-27(31)36-19(21)2/h4-7,9-11,13-14,16,24,26H,8,12,15,17H2,1-3H3,(H2,31,36)(H,33,34)(H,35,38)/t24-,26-/m0/s1. The number of ether oxygens (including phenoxy) is 1. The summed E-state index contributed by atoms with van der Waals surface area (Å²) in [6.45, 7) is 4.54. The molecule has 0 spiro atoms. The van der Waals surface area contributed by atoms with Gasteiger partial charge in [0.25, 0.3) is 5.56 Å². The smallest absolute Gasteiger partial charge is 0.294 e. The second-order valence-electron chi connectivity index (χ2n) is 9.99. The van der Waals surface area contributed by atoms with Gasteiger partial charge in [-0.2, -0.15) is 0 Å². The number of anilines is 2. The molecule has 4 N–H and O–H groups in total. The summed E-state index contributed by atoms with van der Waals surface area (Å²) < 4.78 is 6.87. The fourth-order valence-electron chi connectivity index (χ4n) is 5.02. The number of nitrogens with two attached hydrogens (primary N) is 1. The van der Waals surface area contributed by atoms with E-state index >= 15 is 0 Å². The molecule has 0 unspecified atom stereocenters. The van der Waals surface area contributed by atoms with Crippen molar-refractivity contribution < 1.29 is 9.53 Å². The minimum Gasteiger partial charge on any atom is -0.497 e. The average molecular weight is 540 g/mol. The number of carbonyl (C=O) groups excluding carboxylic acids is 1. The molecule has 4 aromatic rings. The molecule has 0 aliphatic carbocycles. The number of nitrogens with one attached hydrogen (secondary N) is 2. The Morgan fingerprint density at radius 2 is 1.90 bits per heavy atom. The monoisotopic (exact) mass is 539 g/mol. The highest BCUT2D eigenvalue weighted by Crippen LogP contribution is 2.27. The summed E-state index contributed by atoms with van der Waals surface area (Å²) in [7, 11) is 1.63. The second kappa shape index (κ2) is 11.6. The third kappa shape index (κ3) is 5.66. The lowest BCUT2D eigenvalue weighted by Crippen LogP contribution is -2.36. The maximum absolute atomic E-state index is 13.6. The Hall–Kier alpha value is -4.73. The van der Waals surface area contributed by atoms with E-state index in [4.69, 9.17) is 10.5 Å². The number of pyridine rings is 2. The molecule has 0 bridgehead atoms. The number of amides is 1. The first-order valence-corrected chi connectivity index (χ1v) is 13.2. The van der Waals surface area contributed by atoms with Gasteiger partial charge in [0.15, 0.2) is 5.82 Å². The highest BCUT2D eigenvalue weighted by molar-refractivity contribution is 5.81. The van der Waals surface area contributed by atoms with Crippen LogP contribution in [-0.4, -0.2) is 39.1 Å². The lowest BCUT2D eigenvalue weighted by Gasteiger charge is -2.20. The first kappa shape index (κ1) is 26.9. The summed E-state index contributed by atoms with van der Waals surface area (Å²) in [4.78, 5) is 40.0. The lowest BCUT2D eigenvalue weighted by molar-refractivity contribution is -0.124. The number of aromatic nitrogens is 4. The first-order valence-electron chi connectivity index (χ1n) is 13.2. The van der Waals surface area contributed by atoms with Crippen LogP contribution in [0.3, 0.4) is 0 Å². The molecule has 1 aromatic carbocycles. The van der Waals surface area contributed by atoms with Gasteiger partial charge in [0.1, 0.15) is 17.6 Å². The molecule has 0 radical (unpaired) electrons. The largest absolute Gasteiger partial charge is 0.497 e. The van der Waals surface area contributed by atoms with Crippen molar-refractivity contribution in [2.24, 2.45) is 0 Å². The Morgan fingerprint density at radius 3 is 2.60 bits per heavy atom. The van der Waals surface area contributed by atoms with Crippen LogP contribution in [-0.2, 0) is 17.8 Å². The van der Waals surface area contributed by atoms with Crippen LogP contribution in [0.2, 0.25) is 0 Å². The fraction of sp³-hybridized carbons (Fsp3) is 0.300. The molecule has 1 aliphatic rings. The summed E-state index contributed by atoms with van der Waals surface area (Å²) in [5.74, 6) is 1.05. The third-order valence-corrected chi connectivity index (χ3v) is 7.31. The minimum atomic E-state index is -0.607. The number of rotatable bonds is 9. The van der Waals surface area contributed by atoms with Gasteiger partial charge in [-0.1, -0.05) is 24.3 Å². The Kier molecular flexibility index (Phi) is 7.77. The zero-order valence-electron chi connectivity index (χ0n) is 22.8. The first-order chi connectivity index (χ1) is 19.3. The van der Waals surface area contributed by atoms with Gasteiger partial charge in [-0.15, -0.1) is 0 Å². The minimum absolute atomic E-state index is 0.137. The van der Waals surface area contributed by atoms with E-state index in [-0.39, 0.29) is 23.2 Å². The molecule has 0 saturated heterocycles. The molecule has 1 aliphatic heterocycles. The van der Waals surface area contributed by atoms with E-state index in [9.17, 15) is 9.59 Å². The van der Waals surface area contributed by atoms with Crippen LogP contribution in [0.1, 0.15) is 52.2 Å². The van der Waals surface area contributed by atoms with Crippen molar-refractivity contribution in [3.05, 3.63) is 105 Å². The average Bonchev–Trinajstić information content (AvgIpc) is 3.40. The van der Waals surface area contributed by atoms with Crippen LogP contribution in [0, 0.1) is 13.8 Å². The molecule has 10 heteroatoms. The van der Waals surface area contributed by atoms with E-state index in [1.807, 2.05) is 62.5 Å². The van der Waals surface area contributed by atoms with E-state index in [1.165, 1.54) is 0 Å². The molecule has 206 valence electrons. The number of carbonyl (C=O) groups is 1. The van der Waals surface area contributed by atoms with Crippen LogP contribution in [0.25, 0.3) is 0 Å². The predicted octanol–water partition coefficient (Wildman–Crippen LogP) is 3.29. The molecule has 0 saturated carbocycles. The number of hydrogen-bond donors (Lipinski definition) is 3. The zero-order valence-corrected chi connectivity index (χ0v) is 22.8. The molecule has 3 aromatic heterocycles. The van der Waals surface area contributed by atoms with Gasteiger partial charge in [0.2, 0.25) is 5.91 Å². The van der Waals surface area contributed by atoms with Crippen LogP contribution < -0.4 is 26.7 Å². The van der Waals surface area contributed by atoms with E-state index in [0.29, 0.717) is 31.7 Å². The molecule has 1 amide bonds. The molecular weight excluding hydrogens is 506 g/mol. The van der Waals surface area contributed by atoms with Gasteiger partial charge in [-0.05, 0) is 67.6 Å². The van der Waals surface area contributed by atoms with Crippen LogP contribution in [0.5, 0.6) is 5.75 Å². The summed E-state index contributed by atoms with van der Waals surface area (Å²) in [5, 5.41) is 6.20. The highest BCUT2D eigenvalue weighted by Gasteiger charge is 2.31. The van der Waals surface area contributed by atoms with E-state index in [1.54, 1.807) is 23.9 Å². The Morgan fingerprint density at radius 1 is 1.10 bits per heavy atom. The zero-order chi connectivity index (χ0) is 28.2. The Balaban J connectivity index is 1.35. The van der Waals surface area contributed by atoms with Gasteiger partial charge in [0.05, 0.1) is 7.11 Å². The number of aryl methyl sites for hydroxylation is 3. The number of hydrogen-bond acceptors (Lipinski definition) is 8. The number of nitrogen functional groups attached to an aromatic ring is 1. The summed E-state index contributed by atoms with van der Waals surface area (Å²) in [6.07, 6.45) is 4.65. The maximum atomic E-state index is 13.6. The van der Waals surface area contributed by atoms with Crippen molar-refractivity contribution >= 4 is 17.5 Å². The third-order valence-electron chi connectivity index (χ3n) is 7.31. The maximum Gasteiger partial charge on any atom is 0.294 e. The van der Waals surface area contributed by atoms with E-state index in [0.717, 1.165) is 39.5 Å². The Labute approximate surface area is 232 Å². The molecule has 0 fully saturated rings. The van der Waals surface area contributed by atoms with Crippen molar-refractivity contribution in [3.63, 3.8) is 0 Å². The normalized spacial score (nSPS) is 14.8. The van der Waals surface area contributed by atoms with Crippen molar-refractivity contribution in [1.29, 1.82) is 0 Å². The van der Waals surface area contributed by atoms with Crippen LogP contribution in [0.4, 0.5) is 11.6 Å². The van der Waals surface area contributed by atoms with Crippen molar-refractivity contribution in [2.75, 3.05) is 24.7 Å². The van der Waals surface area contributed by atoms with Gasteiger partial charge in [0, 0.05) is 48.5 Å². The highest BCUT2D eigenvalue weighted by atomic mass is 16.5. The molecule has 4 heterocycles. The van der Waals surface area contributed by atoms with Gasteiger partial charge in [-0.25, -0.2) is 9.97 Å². The van der Waals surface area contributed by atoms with Gasteiger partial charge in [-0.3, -0.25) is 19.1 Å². The summed E-state index contributed by atoms with van der Waals surface area (Å²) >= 11 is 0. The molecule has 5 rings (SSSR count). The SMILES string of the molecule is COc1ccc([C@H](CNc2ncc3n(c2=O)[C@H](C(=O)NCc2ccc(N)nc2C)CC3)c2ccc(C)cn2)cc1. The van der Waals surface area contributed by atoms with Crippen molar-refractivity contribution in [1.82, 2.24) is 24.8 Å². The van der Waals surface area contributed by atoms with E-state index in [2.05, 4.69) is 25.6 Å². The fourth-order valence-corrected chi connectivity index (χ4v) is 5.02. The summed E-state index contributed by atoms with van der Waals surface area (Å²) in [5.41, 5.74) is 10.8. The number of fused-ring (bicyclic) bond motifs is 1. The topological polar surface area (TPSA) is 137 Å². The lowest BCUT2D eigenvalue weighted by atomic mass is 9.94. The van der Waals surface area contributed by atoms with E-state index < -0.39 is 6.04 Å². The predicted molar refractivity (Wildman–Crippen MR) is 153 cm³/mol. The number of benzene rings is 1. The number of nitrogens with zero attached hydrogens (tertiary/aromatic N) is 4. The summed E-state index contributed by atoms with van der Waals surface area (Å²) in [6, 6.07) is 14.8. The molecule has 10 nitrogen and oxygen atoms in total. The van der Waals surface area contributed by atoms with Crippen molar-refractivity contribution in [2.45, 2.75) is 45.2 Å². The quantitative estimate of drug-likeness (QED) is 0.295. The van der Waals surface area contributed by atoms with Crippen molar-refractivity contribution in [3.8, 4) is 5.75 Å². The number of methoxy groups -OCH3 is 1. The molecular formula is C30H33N7O3.